The number of aryl methyl sites for hydroxylation is 1. The summed E-state index contributed by atoms with van der Waals surface area (Å²) in [6.07, 6.45) is 2.12. The summed E-state index contributed by atoms with van der Waals surface area (Å²) >= 11 is 0. The van der Waals surface area contributed by atoms with Crippen LogP contribution in [0.1, 0.15) is 35.7 Å². The van der Waals surface area contributed by atoms with Crippen molar-refractivity contribution in [2.75, 3.05) is 25.1 Å². The number of carbonyl (C=O) groups excluding carboxylic acids is 1. The summed E-state index contributed by atoms with van der Waals surface area (Å²) in [5.41, 5.74) is 2.68. The van der Waals surface area contributed by atoms with Crippen LogP contribution in [0, 0.1) is 12.8 Å². The molecule has 2 aromatic carbocycles. The normalized spacial score (nSPS) is 14.9. The highest BCUT2D eigenvalue weighted by Gasteiger charge is 2.23. The minimum absolute atomic E-state index is 0.135. The van der Waals surface area contributed by atoms with Gasteiger partial charge in [-0.05, 0) is 56.0 Å². The molecule has 0 saturated carbocycles. The summed E-state index contributed by atoms with van der Waals surface area (Å²) in [5, 5.41) is 0.479. The number of esters is 1. The van der Waals surface area contributed by atoms with E-state index in [-0.39, 0.29) is 5.56 Å². The number of methoxy groups -OCH3 is 1. The van der Waals surface area contributed by atoms with Gasteiger partial charge < -0.3 is 9.64 Å². The highest BCUT2D eigenvalue weighted by molar-refractivity contribution is 5.94. The molecule has 0 aliphatic carbocycles. The first-order chi connectivity index (χ1) is 14.0. The summed E-state index contributed by atoms with van der Waals surface area (Å²) in [5.74, 6) is 0.849. The molecule has 0 unspecified atom stereocenters. The van der Waals surface area contributed by atoms with Gasteiger partial charge in [0.25, 0.3) is 5.56 Å². The van der Waals surface area contributed by atoms with Crippen LogP contribution in [-0.2, 0) is 4.74 Å². The lowest BCUT2D eigenvalue weighted by Crippen LogP contribution is -2.38. The second-order valence-electron chi connectivity index (χ2n) is 7.78. The monoisotopic (exact) mass is 391 g/mol. The Morgan fingerprint density at radius 1 is 1.10 bits per heavy atom. The Balaban J connectivity index is 1.94. The molecule has 4 rings (SSSR count). The number of benzene rings is 2. The Kier molecular flexibility index (Phi) is 5.09. The molecule has 0 radical (unpaired) electrons. The molecule has 0 spiro atoms. The molecule has 6 heteroatoms. The van der Waals surface area contributed by atoms with Crippen LogP contribution < -0.4 is 10.5 Å². The van der Waals surface area contributed by atoms with Crippen LogP contribution in [0.4, 0.5) is 5.95 Å². The van der Waals surface area contributed by atoms with Gasteiger partial charge in [-0.25, -0.2) is 14.3 Å². The van der Waals surface area contributed by atoms with Gasteiger partial charge in [0.1, 0.15) is 0 Å². The smallest absolute Gasteiger partial charge is 0.337 e. The second-order valence-corrected chi connectivity index (χ2v) is 7.78. The summed E-state index contributed by atoms with van der Waals surface area (Å²) < 4.78 is 6.51. The predicted octanol–water partition coefficient (Wildman–Crippen LogP) is 3.72. The number of piperidine rings is 1. The van der Waals surface area contributed by atoms with Gasteiger partial charge in [-0.2, -0.15) is 0 Å². The van der Waals surface area contributed by atoms with E-state index in [2.05, 4.69) is 11.8 Å². The van der Waals surface area contributed by atoms with E-state index in [1.807, 2.05) is 31.2 Å². The summed E-state index contributed by atoms with van der Waals surface area (Å²) in [6, 6.07) is 12.8. The third-order valence-corrected chi connectivity index (χ3v) is 5.63. The van der Waals surface area contributed by atoms with E-state index in [1.165, 1.54) is 7.11 Å². The van der Waals surface area contributed by atoms with Gasteiger partial charge in [0.2, 0.25) is 5.95 Å². The molecular weight excluding hydrogens is 366 g/mol. The molecule has 29 heavy (non-hydrogen) atoms. The fraction of sp³-hybridized carbons (Fsp3) is 0.348. The van der Waals surface area contributed by atoms with Crippen LogP contribution in [0.2, 0.25) is 0 Å². The van der Waals surface area contributed by atoms with Gasteiger partial charge in [0.15, 0.2) is 0 Å². The molecule has 1 aliphatic rings. The predicted molar refractivity (Wildman–Crippen MR) is 114 cm³/mol. The number of hydrogen-bond acceptors (Lipinski definition) is 5. The first-order valence-electron chi connectivity index (χ1n) is 9.95. The van der Waals surface area contributed by atoms with Crippen molar-refractivity contribution in [1.29, 1.82) is 0 Å². The average molecular weight is 391 g/mol. The van der Waals surface area contributed by atoms with Crippen LogP contribution >= 0.6 is 0 Å². The minimum atomic E-state index is -0.440. The van der Waals surface area contributed by atoms with Crippen molar-refractivity contribution in [3.05, 3.63) is 63.9 Å². The van der Waals surface area contributed by atoms with E-state index >= 15 is 0 Å². The number of anilines is 1. The van der Waals surface area contributed by atoms with Crippen molar-refractivity contribution in [2.45, 2.75) is 26.7 Å². The standard InChI is InChI=1S/C23H25N3O3/c1-15-4-7-18(8-5-15)26-21(27)19-9-6-17(22(28)29-3)14-20(19)24-23(26)25-12-10-16(2)11-13-25/h4-9,14,16H,10-13H2,1-3H3. The van der Waals surface area contributed by atoms with Crippen LogP contribution in [-0.4, -0.2) is 35.7 Å². The zero-order valence-corrected chi connectivity index (χ0v) is 17.0. The van der Waals surface area contributed by atoms with E-state index in [4.69, 9.17) is 9.72 Å². The molecule has 1 aromatic heterocycles. The Labute approximate surface area is 169 Å². The lowest BCUT2D eigenvalue weighted by molar-refractivity contribution is 0.0601. The quantitative estimate of drug-likeness (QED) is 0.637. The Hall–Kier alpha value is -3.15. The highest BCUT2D eigenvalue weighted by Crippen LogP contribution is 2.25. The largest absolute Gasteiger partial charge is 0.465 e. The number of nitrogens with zero attached hydrogens (tertiary/aromatic N) is 3. The van der Waals surface area contributed by atoms with Crippen LogP contribution in [0.25, 0.3) is 16.6 Å². The molecule has 3 aromatic rings. The Bertz CT molecular complexity index is 1110. The number of hydrogen-bond donors (Lipinski definition) is 0. The van der Waals surface area contributed by atoms with E-state index in [0.29, 0.717) is 28.3 Å². The van der Waals surface area contributed by atoms with Crippen molar-refractivity contribution >= 4 is 22.8 Å². The number of carbonyl (C=O) groups is 1. The number of aromatic nitrogens is 2. The number of rotatable bonds is 3. The van der Waals surface area contributed by atoms with Gasteiger partial charge in [-0.1, -0.05) is 24.6 Å². The summed E-state index contributed by atoms with van der Waals surface area (Å²) in [7, 11) is 1.34. The summed E-state index contributed by atoms with van der Waals surface area (Å²) in [4.78, 5) is 32.4. The molecule has 6 nitrogen and oxygen atoms in total. The van der Waals surface area contributed by atoms with Gasteiger partial charge in [0, 0.05) is 13.1 Å². The Morgan fingerprint density at radius 3 is 2.45 bits per heavy atom. The molecule has 0 amide bonds. The van der Waals surface area contributed by atoms with E-state index in [1.54, 1.807) is 22.8 Å². The molecule has 0 N–H and O–H groups in total. The van der Waals surface area contributed by atoms with Crippen LogP contribution in [0.15, 0.2) is 47.3 Å². The Morgan fingerprint density at radius 2 is 1.79 bits per heavy atom. The molecule has 2 heterocycles. The van der Waals surface area contributed by atoms with Gasteiger partial charge in [-0.15, -0.1) is 0 Å². The van der Waals surface area contributed by atoms with Gasteiger partial charge in [0.05, 0.1) is 29.3 Å². The first-order valence-corrected chi connectivity index (χ1v) is 9.95. The molecular formula is C23H25N3O3. The topological polar surface area (TPSA) is 64.4 Å². The molecule has 0 bridgehead atoms. The maximum absolute atomic E-state index is 13.5. The van der Waals surface area contributed by atoms with Gasteiger partial charge >= 0.3 is 5.97 Å². The van der Waals surface area contributed by atoms with Crippen molar-refractivity contribution < 1.29 is 9.53 Å². The lowest BCUT2D eigenvalue weighted by atomic mass is 9.99. The first kappa shape index (κ1) is 19.2. The number of ether oxygens (including phenoxy) is 1. The van der Waals surface area contributed by atoms with Gasteiger partial charge in [-0.3, -0.25) is 4.79 Å². The third kappa shape index (κ3) is 3.62. The molecule has 1 fully saturated rings. The molecule has 150 valence electrons. The zero-order valence-electron chi connectivity index (χ0n) is 17.0. The maximum Gasteiger partial charge on any atom is 0.337 e. The van der Waals surface area contributed by atoms with Crippen molar-refractivity contribution in [1.82, 2.24) is 9.55 Å². The molecule has 1 aliphatic heterocycles. The zero-order chi connectivity index (χ0) is 20.5. The average Bonchev–Trinajstić information content (AvgIpc) is 2.74. The summed E-state index contributed by atoms with van der Waals surface area (Å²) in [6.45, 7) is 5.97. The second kappa shape index (κ2) is 7.70. The maximum atomic E-state index is 13.5. The van der Waals surface area contributed by atoms with Crippen molar-refractivity contribution in [3.63, 3.8) is 0 Å². The van der Waals surface area contributed by atoms with E-state index in [9.17, 15) is 9.59 Å². The van der Waals surface area contributed by atoms with Crippen molar-refractivity contribution in [2.24, 2.45) is 5.92 Å². The SMILES string of the molecule is COC(=O)c1ccc2c(=O)n(-c3ccc(C)cc3)c(N3CCC(C)CC3)nc2c1. The lowest BCUT2D eigenvalue weighted by Gasteiger charge is -2.32. The molecule has 1 saturated heterocycles. The molecule has 0 atom stereocenters. The fourth-order valence-electron chi connectivity index (χ4n) is 3.77. The van der Waals surface area contributed by atoms with Crippen LogP contribution in [0.3, 0.4) is 0 Å². The van der Waals surface area contributed by atoms with Crippen LogP contribution in [0.5, 0.6) is 0 Å². The van der Waals surface area contributed by atoms with E-state index in [0.717, 1.165) is 37.2 Å². The van der Waals surface area contributed by atoms with Crippen molar-refractivity contribution in [3.8, 4) is 5.69 Å². The van der Waals surface area contributed by atoms with E-state index < -0.39 is 5.97 Å². The number of fused-ring (bicyclic) bond motifs is 1. The fourth-order valence-corrected chi connectivity index (χ4v) is 3.77. The third-order valence-electron chi connectivity index (χ3n) is 5.63. The minimum Gasteiger partial charge on any atom is -0.465 e. The highest BCUT2D eigenvalue weighted by atomic mass is 16.5.